The van der Waals surface area contributed by atoms with Crippen LogP contribution in [0.1, 0.15) is 24.1 Å². The number of hydrogen-bond acceptors (Lipinski definition) is 3. The van der Waals surface area contributed by atoms with E-state index in [0.29, 0.717) is 5.75 Å². The van der Waals surface area contributed by atoms with Gasteiger partial charge in [0.05, 0.1) is 7.11 Å². The molecular formula is C16H17F2NO2. The van der Waals surface area contributed by atoms with Gasteiger partial charge in [-0.15, -0.1) is 0 Å². The summed E-state index contributed by atoms with van der Waals surface area (Å²) in [6.45, 7) is 1.97. The van der Waals surface area contributed by atoms with E-state index in [4.69, 9.17) is 15.2 Å². The van der Waals surface area contributed by atoms with Gasteiger partial charge in [0, 0.05) is 17.7 Å². The second-order valence-corrected chi connectivity index (χ2v) is 4.72. The van der Waals surface area contributed by atoms with Gasteiger partial charge in [0.1, 0.15) is 18.2 Å². The molecule has 0 radical (unpaired) electrons. The SMILES string of the molecule is COc1ccc(C(C)N)cc1COc1ccc(F)cc1F. The van der Waals surface area contributed by atoms with Crippen molar-refractivity contribution in [2.75, 3.05) is 7.11 Å². The quantitative estimate of drug-likeness (QED) is 0.916. The average molecular weight is 293 g/mol. The van der Waals surface area contributed by atoms with Crippen LogP contribution in [0.3, 0.4) is 0 Å². The van der Waals surface area contributed by atoms with Crippen LogP contribution in [0.15, 0.2) is 36.4 Å². The van der Waals surface area contributed by atoms with Gasteiger partial charge in [-0.05, 0) is 36.8 Å². The maximum absolute atomic E-state index is 13.5. The first-order chi connectivity index (χ1) is 10.0. The predicted molar refractivity (Wildman–Crippen MR) is 76.3 cm³/mol. The summed E-state index contributed by atoms with van der Waals surface area (Å²) in [5, 5.41) is 0. The molecule has 0 heterocycles. The molecule has 0 bridgehead atoms. The van der Waals surface area contributed by atoms with Gasteiger partial charge in [0.15, 0.2) is 11.6 Å². The van der Waals surface area contributed by atoms with Crippen molar-refractivity contribution in [3.63, 3.8) is 0 Å². The van der Waals surface area contributed by atoms with Crippen LogP contribution in [-0.4, -0.2) is 7.11 Å². The Bertz CT molecular complexity index is 630. The van der Waals surface area contributed by atoms with Crippen LogP contribution in [0.4, 0.5) is 8.78 Å². The third-order valence-corrected chi connectivity index (χ3v) is 3.11. The molecule has 2 rings (SSSR count). The third-order valence-electron chi connectivity index (χ3n) is 3.11. The molecule has 0 saturated heterocycles. The van der Waals surface area contributed by atoms with Crippen LogP contribution in [0.5, 0.6) is 11.5 Å². The predicted octanol–water partition coefficient (Wildman–Crippen LogP) is 3.57. The zero-order chi connectivity index (χ0) is 15.4. The van der Waals surface area contributed by atoms with Gasteiger partial charge in [-0.2, -0.15) is 0 Å². The van der Waals surface area contributed by atoms with Crippen LogP contribution in [-0.2, 0) is 6.61 Å². The Hall–Kier alpha value is -2.14. The van der Waals surface area contributed by atoms with Crippen molar-refractivity contribution in [3.05, 3.63) is 59.2 Å². The molecule has 112 valence electrons. The molecule has 0 aliphatic carbocycles. The standard InChI is InChI=1S/C16H17F2NO2/c1-10(19)11-3-5-15(20-2)12(7-11)9-21-16-6-4-13(17)8-14(16)18/h3-8,10H,9,19H2,1-2H3. The van der Waals surface area contributed by atoms with Gasteiger partial charge in [0.25, 0.3) is 0 Å². The molecule has 0 amide bonds. The number of methoxy groups -OCH3 is 1. The highest BCUT2D eigenvalue weighted by Crippen LogP contribution is 2.25. The maximum atomic E-state index is 13.5. The summed E-state index contributed by atoms with van der Waals surface area (Å²) in [6, 6.07) is 8.57. The van der Waals surface area contributed by atoms with Crippen molar-refractivity contribution in [1.29, 1.82) is 0 Å². The number of halogens is 2. The summed E-state index contributed by atoms with van der Waals surface area (Å²) >= 11 is 0. The zero-order valence-electron chi connectivity index (χ0n) is 11.9. The molecule has 2 N–H and O–H groups in total. The Labute approximate surface area is 122 Å². The molecule has 21 heavy (non-hydrogen) atoms. The zero-order valence-corrected chi connectivity index (χ0v) is 11.9. The molecule has 0 aromatic heterocycles. The molecule has 0 aliphatic heterocycles. The van der Waals surface area contributed by atoms with Crippen molar-refractivity contribution in [1.82, 2.24) is 0 Å². The minimum Gasteiger partial charge on any atom is -0.496 e. The fourth-order valence-corrected chi connectivity index (χ4v) is 1.94. The van der Waals surface area contributed by atoms with Gasteiger partial charge >= 0.3 is 0 Å². The van der Waals surface area contributed by atoms with E-state index in [1.807, 2.05) is 19.1 Å². The van der Waals surface area contributed by atoms with Crippen molar-refractivity contribution < 1.29 is 18.3 Å². The topological polar surface area (TPSA) is 44.5 Å². The van der Waals surface area contributed by atoms with E-state index in [0.717, 1.165) is 23.3 Å². The minimum absolute atomic E-state index is 0.00958. The number of ether oxygens (including phenoxy) is 2. The number of hydrogen-bond donors (Lipinski definition) is 1. The van der Waals surface area contributed by atoms with E-state index in [-0.39, 0.29) is 18.4 Å². The van der Waals surface area contributed by atoms with Gasteiger partial charge in [-0.25, -0.2) is 8.78 Å². The molecule has 0 fully saturated rings. The normalized spacial score (nSPS) is 12.0. The van der Waals surface area contributed by atoms with Crippen LogP contribution in [0.25, 0.3) is 0 Å². The van der Waals surface area contributed by atoms with Crippen molar-refractivity contribution >= 4 is 0 Å². The number of benzene rings is 2. The molecule has 1 atom stereocenters. The summed E-state index contributed by atoms with van der Waals surface area (Å²) in [5.41, 5.74) is 7.51. The molecule has 0 saturated carbocycles. The van der Waals surface area contributed by atoms with Crippen LogP contribution < -0.4 is 15.2 Å². The van der Waals surface area contributed by atoms with E-state index in [9.17, 15) is 8.78 Å². The van der Waals surface area contributed by atoms with Crippen LogP contribution in [0.2, 0.25) is 0 Å². The Morgan fingerprint density at radius 3 is 2.43 bits per heavy atom. The monoisotopic (exact) mass is 293 g/mol. The lowest BCUT2D eigenvalue weighted by molar-refractivity contribution is 0.281. The second-order valence-electron chi connectivity index (χ2n) is 4.72. The summed E-state index contributed by atoms with van der Waals surface area (Å²) in [5.74, 6) is -0.764. The van der Waals surface area contributed by atoms with Crippen molar-refractivity contribution in [3.8, 4) is 11.5 Å². The van der Waals surface area contributed by atoms with E-state index in [2.05, 4.69) is 0 Å². The Balaban J connectivity index is 2.20. The highest BCUT2D eigenvalue weighted by atomic mass is 19.1. The van der Waals surface area contributed by atoms with Crippen LogP contribution >= 0.6 is 0 Å². The average Bonchev–Trinajstić information content (AvgIpc) is 2.46. The minimum atomic E-state index is -0.739. The highest BCUT2D eigenvalue weighted by Gasteiger charge is 2.10. The van der Waals surface area contributed by atoms with Crippen molar-refractivity contribution in [2.45, 2.75) is 19.6 Å². The van der Waals surface area contributed by atoms with E-state index in [1.54, 1.807) is 13.2 Å². The van der Waals surface area contributed by atoms with E-state index >= 15 is 0 Å². The molecule has 2 aromatic rings. The van der Waals surface area contributed by atoms with Gasteiger partial charge in [-0.1, -0.05) is 6.07 Å². The van der Waals surface area contributed by atoms with E-state index in [1.165, 1.54) is 6.07 Å². The number of nitrogens with two attached hydrogens (primary N) is 1. The van der Waals surface area contributed by atoms with Crippen LogP contribution in [0, 0.1) is 11.6 Å². The Morgan fingerprint density at radius 2 is 1.81 bits per heavy atom. The summed E-state index contributed by atoms with van der Waals surface area (Å²) in [6.07, 6.45) is 0. The first-order valence-electron chi connectivity index (χ1n) is 6.51. The number of rotatable bonds is 5. The van der Waals surface area contributed by atoms with Crippen molar-refractivity contribution in [2.24, 2.45) is 5.73 Å². The highest BCUT2D eigenvalue weighted by molar-refractivity contribution is 5.38. The van der Waals surface area contributed by atoms with Gasteiger partial charge in [-0.3, -0.25) is 0 Å². The lowest BCUT2D eigenvalue weighted by atomic mass is 10.1. The summed E-state index contributed by atoms with van der Waals surface area (Å²) in [7, 11) is 1.54. The maximum Gasteiger partial charge on any atom is 0.167 e. The lowest BCUT2D eigenvalue weighted by Crippen LogP contribution is -2.07. The summed E-state index contributed by atoms with van der Waals surface area (Å²) < 4.78 is 37.0. The first kappa shape index (κ1) is 15.3. The van der Waals surface area contributed by atoms with Gasteiger partial charge in [0.2, 0.25) is 0 Å². The molecule has 2 aromatic carbocycles. The molecule has 0 spiro atoms. The summed E-state index contributed by atoms with van der Waals surface area (Å²) in [4.78, 5) is 0. The van der Waals surface area contributed by atoms with E-state index < -0.39 is 11.6 Å². The fourth-order valence-electron chi connectivity index (χ4n) is 1.94. The largest absolute Gasteiger partial charge is 0.496 e. The smallest absolute Gasteiger partial charge is 0.167 e. The second kappa shape index (κ2) is 6.54. The van der Waals surface area contributed by atoms with Gasteiger partial charge < -0.3 is 15.2 Å². The molecule has 1 unspecified atom stereocenters. The lowest BCUT2D eigenvalue weighted by Gasteiger charge is -2.14. The Morgan fingerprint density at radius 1 is 1.10 bits per heavy atom. The third kappa shape index (κ3) is 3.70. The Kier molecular flexibility index (Phi) is 4.75. The molecule has 3 nitrogen and oxygen atoms in total. The molecule has 5 heteroatoms. The first-order valence-corrected chi connectivity index (χ1v) is 6.51. The molecular weight excluding hydrogens is 276 g/mol. The molecule has 0 aliphatic rings. The fraction of sp³-hybridized carbons (Fsp3) is 0.250.